The smallest absolute Gasteiger partial charge is 0.306 e. The third-order valence-corrected chi connectivity index (χ3v) is 10.9. The largest absolute Gasteiger partial charge is 0.494 e. The Morgan fingerprint density at radius 2 is 1.71 bits per heavy atom. The summed E-state index contributed by atoms with van der Waals surface area (Å²) in [6.07, 6.45) is 7.22. The molecule has 0 aliphatic carbocycles. The SMILES string of the molecule is COc1cc(N2CCC(N3CCN(CCCCC(=O)OC(C)(C)C)CC3)CC2)ccc1Nc1ncc(Cl)c(Nc2ccccc2N(C)S(C)(=O)=O)n1. The number of nitrogens with one attached hydrogen (secondary N) is 2. The molecule has 0 unspecified atom stereocenters. The molecule has 52 heavy (non-hydrogen) atoms. The number of aromatic nitrogens is 2. The molecule has 2 saturated heterocycles. The Bertz CT molecular complexity index is 1770. The number of ether oxygens (including phenoxy) is 2. The number of rotatable bonds is 14. The van der Waals surface area contributed by atoms with Gasteiger partial charge in [0, 0.05) is 70.5 Å². The second kappa shape index (κ2) is 17.3. The van der Waals surface area contributed by atoms with E-state index < -0.39 is 15.6 Å². The summed E-state index contributed by atoms with van der Waals surface area (Å²) in [5.74, 6) is 1.18. The third kappa shape index (κ3) is 10.8. The Balaban J connectivity index is 1.12. The van der Waals surface area contributed by atoms with Crippen LogP contribution in [0.5, 0.6) is 5.75 Å². The number of hydrogen-bond acceptors (Lipinski definition) is 12. The number of benzene rings is 2. The molecule has 2 aliphatic heterocycles. The zero-order valence-corrected chi connectivity index (χ0v) is 32.8. The quantitative estimate of drug-likeness (QED) is 0.145. The van der Waals surface area contributed by atoms with Crippen LogP contribution in [0.3, 0.4) is 0 Å². The maximum Gasteiger partial charge on any atom is 0.306 e. The Kier molecular flexibility index (Phi) is 13.1. The zero-order valence-electron chi connectivity index (χ0n) is 31.2. The molecule has 0 bridgehead atoms. The predicted molar refractivity (Wildman–Crippen MR) is 209 cm³/mol. The second-order valence-corrected chi connectivity index (χ2v) is 16.8. The van der Waals surface area contributed by atoms with Gasteiger partial charge < -0.3 is 29.9 Å². The van der Waals surface area contributed by atoms with Gasteiger partial charge in [-0.1, -0.05) is 23.7 Å². The highest BCUT2D eigenvalue weighted by Crippen LogP contribution is 2.35. The molecule has 1 aromatic heterocycles. The van der Waals surface area contributed by atoms with Crippen molar-refractivity contribution in [2.24, 2.45) is 0 Å². The molecule has 15 heteroatoms. The normalized spacial score (nSPS) is 16.4. The maximum absolute atomic E-state index is 12.2. The van der Waals surface area contributed by atoms with E-state index in [1.807, 2.05) is 32.9 Å². The molecule has 0 radical (unpaired) electrons. The molecular formula is C37H53ClN8O5S. The average Bonchev–Trinajstić information content (AvgIpc) is 3.11. The highest BCUT2D eigenvalue weighted by atomic mass is 35.5. The van der Waals surface area contributed by atoms with Crippen LogP contribution in [0.2, 0.25) is 5.02 Å². The molecule has 13 nitrogen and oxygen atoms in total. The number of sulfonamides is 1. The maximum atomic E-state index is 12.2. The molecular weight excluding hydrogens is 704 g/mol. The van der Waals surface area contributed by atoms with Crippen molar-refractivity contribution in [3.8, 4) is 5.75 Å². The highest BCUT2D eigenvalue weighted by Gasteiger charge is 2.28. The lowest BCUT2D eigenvalue weighted by molar-refractivity contribution is -0.154. The molecule has 5 rings (SSSR count). The number of para-hydroxylation sites is 2. The Morgan fingerprint density at radius 1 is 1.00 bits per heavy atom. The molecule has 0 atom stereocenters. The summed E-state index contributed by atoms with van der Waals surface area (Å²) in [5.41, 5.74) is 2.37. The van der Waals surface area contributed by atoms with Crippen LogP contribution >= 0.6 is 11.6 Å². The first-order valence-electron chi connectivity index (χ1n) is 17.9. The van der Waals surface area contributed by atoms with Crippen molar-refractivity contribution in [2.45, 2.75) is 64.5 Å². The Hall–Kier alpha value is -3.85. The molecule has 2 aliphatic rings. The highest BCUT2D eigenvalue weighted by molar-refractivity contribution is 7.92. The van der Waals surface area contributed by atoms with Crippen LogP contribution in [0.25, 0.3) is 0 Å². The molecule has 0 saturated carbocycles. The van der Waals surface area contributed by atoms with Crippen LogP contribution in [0.15, 0.2) is 48.7 Å². The molecule has 2 fully saturated rings. The molecule has 2 aromatic carbocycles. The Morgan fingerprint density at radius 3 is 2.38 bits per heavy atom. The van der Waals surface area contributed by atoms with Crippen LogP contribution in [-0.4, -0.2) is 112 Å². The van der Waals surface area contributed by atoms with Gasteiger partial charge in [-0.3, -0.25) is 14.0 Å². The number of nitrogens with zero attached hydrogens (tertiary/aromatic N) is 6. The predicted octanol–water partition coefficient (Wildman–Crippen LogP) is 6.12. The first kappa shape index (κ1) is 39.4. The van der Waals surface area contributed by atoms with Crippen molar-refractivity contribution < 1.29 is 22.7 Å². The van der Waals surface area contributed by atoms with Crippen LogP contribution in [0.1, 0.15) is 52.9 Å². The number of piperidine rings is 1. The number of carbonyl (C=O) groups is 1. The zero-order chi connectivity index (χ0) is 37.5. The van der Waals surface area contributed by atoms with E-state index in [-0.39, 0.29) is 11.0 Å². The minimum Gasteiger partial charge on any atom is -0.494 e. The van der Waals surface area contributed by atoms with Gasteiger partial charge in [0.25, 0.3) is 0 Å². The standard InChI is InChI=1S/C37H53ClN8O5S/c1-37(2,3)51-34(47)13-9-10-18-44-21-23-46(24-22-44)27-16-19-45(20-17-27)28-14-15-31(33(25-28)50-5)41-36-39-26-29(38)35(42-36)40-30-11-7-8-12-32(30)43(4)52(6,48)49/h7-8,11-12,14-15,25-27H,9-10,13,16-24H2,1-6H3,(H2,39,40,41,42). The fourth-order valence-corrected chi connectivity index (χ4v) is 7.27. The number of piperazine rings is 1. The van der Waals surface area contributed by atoms with Gasteiger partial charge in [0.1, 0.15) is 16.4 Å². The number of esters is 1. The topological polar surface area (TPSA) is 132 Å². The molecule has 3 heterocycles. The van der Waals surface area contributed by atoms with E-state index in [1.165, 1.54) is 17.5 Å². The number of hydrogen-bond donors (Lipinski definition) is 2. The summed E-state index contributed by atoms with van der Waals surface area (Å²) in [6, 6.07) is 13.7. The lowest BCUT2D eigenvalue weighted by atomic mass is 10.0. The van der Waals surface area contributed by atoms with E-state index in [4.69, 9.17) is 21.1 Å². The van der Waals surface area contributed by atoms with Crippen LogP contribution in [0, 0.1) is 0 Å². The lowest BCUT2D eigenvalue weighted by Crippen LogP contribution is -2.53. The van der Waals surface area contributed by atoms with Crippen LogP contribution < -0.4 is 24.6 Å². The number of anilines is 6. The van der Waals surface area contributed by atoms with Gasteiger partial charge in [0.05, 0.1) is 36.6 Å². The van der Waals surface area contributed by atoms with Crippen molar-refractivity contribution in [2.75, 3.05) is 86.1 Å². The molecule has 284 valence electrons. The van der Waals surface area contributed by atoms with E-state index in [0.717, 1.165) is 83.4 Å². The van der Waals surface area contributed by atoms with E-state index in [1.54, 1.807) is 31.4 Å². The summed E-state index contributed by atoms with van der Waals surface area (Å²) in [5, 5.41) is 6.69. The summed E-state index contributed by atoms with van der Waals surface area (Å²) in [7, 11) is -0.351. The minimum atomic E-state index is -3.48. The third-order valence-electron chi connectivity index (χ3n) is 9.45. The van der Waals surface area contributed by atoms with Gasteiger partial charge in [0.15, 0.2) is 5.82 Å². The van der Waals surface area contributed by atoms with Crippen molar-refractivity contribution in [1.29, 1.82) is 0 Å². The van der Waals surface area contributed by atoms with Gasteiger partial charge in [0.2, 0.25) is 16.0 Å². The number of carbonyl (C=O) groups excluding carboxylic acids is 1. The van der Waals surface area contributed by atoms with E-state index in [2.05, 4.69) is 41.4 Å². The average molecular weight is 757 g/mol. The van der Waals surface area contributed by atoms with Crippen molar-refractivity contribution in [3.63, 3.8) is 0 Å². The van der Waals surface area contributed by atoms with E-state index in [9.17, 15) is 13.2 Å². The molecule has 3 aromatic rings. The van der Waals surface area contributed by atoms with Gasteiger partial charge in [-0.25, -0.2) is 13.4 Å². The van der Waals surface area contributed by atoms with Gasteiger partial charge in [-0.05, 0) is 77.3 Å². The van der Waals surface area contributed by atoms with E-state index in [0.29, 0.717) is 47.0 Å². The van der Waals surface area contributed by atoms with Crippen LogP contribution in [0.4, 0.5) is 34.5 Å². The van der Waals surface area contributed by atoms with Crippen molar-refractivity contribution in [1.82, 2.24) is 19.8 Å². The minimum absolute atomic E-state index is 0.104. The van der Waals surface area contributed by atoms with Gasteiger partial charge in [-0.2, -0.15) is 4.98 Å². The summed E-state index contributed by atoms with van der Waals surface area (Å²) in [4.78, 5) is 28.5. The summed E-state index contributed by atoms with van der Waals surface area (Å²) >= 11 is 6.45. The van der Waals surface area contributed by atoms with E-state index >= 15 is 0 Å². The van der Waals surface area contributed by atoms with Crippen molar-refractivity contribution in [3.05, 3.63) is 53.7 Å². The van der Waals surface area contributed by atoms with Gasteiger partial charge in [-0.15, -0.1) is 0 Å². The number of unbranched alkanes of at least 4 members (excludes halogenated alkanes) is 1. The monoisotopic (exact) mass is 756 g/mol. The molecule has 0 amide bonds. The summed E-state index contributed by atoms with van der Waals surface area (Å²) in [6.45, 7) is 13.0. The lowest BCUT2D eigenvalue weighted by Gasteiger charge is -2.43. The fourth-order valence-electron chi connectivity index (χ4n) is 6.61. The number of halogens is 1. The first-order valence-corrected chi connectivity index (χ1v) is 20.1. The first-order chi connectivity index (χ1) is 24.7. The second-order valence-electron chi connectivity index (χ2n) is 14.4. The molecule has 0 spiro atoms. The number of methoxy groups -OCH3 is 1. The van der Waals surface area contributed by atoms with Crippen molar-refractivity contribution >= 4 is 62.1 Å². The summed E-state index contributed by atoms with van der Waals surface area (Å²) < 4.78 is 36.8. The van der Waals surface area contributed by atoms with Gasteiger partial charge >= 0.3 is 5.97 Å². The molecule has 2 N–H and O–H groups in total. The Labute approximate surface area is 313 Å². The fraction of sp³-hybridized carbons (Fsp3) is 0.541. The van der Waals surface area contributed by atoms with Crippen LogP contribution in [-0.2, 0) is 19.6 Å².